The Balaban J connectivity index is 2.87. The first kappa shape index (κ1) is 11.9. The van der Waals surface area contributed by atoms with E-state index in [1.165, 1.54) is 0 Å². The molecule has 1 heterocycles. The molecular formula is C9H20NO3S+. The highest BCUT2D eigenvalue weighted by Crippen LogP contribution is 2.31. The Bertz CT molecular complexity index is 305. The summed E-state index contributed by atoms with van der Waals surface area (Å²) in [5, 5.41) is -0.340. The summed E-state index contributed by atoms with van der Waals surface area (Å²) in [6.45, 7) is 1.82. The van der Waals surface area contributed by atoms with Gasteiger partial charge in [0, 0.05) is 7.11 Å². The standard InChI is InChI=1S/C9H20NO3S/c1-7(13-5)9-8(10(2,3)4)6-14(9,11)12/h7-9H,6H2,1-5H3/q+1/t7-,8+,9-/m1/s1. The molecule has 0 aromatic carbocycles. The van der Waals surface area contributed by atoms with Gasteiger partial charge in [-0.2, -0.15) is 0 Å². The van der Waals surface area contributed by atoms with Gasteiger partial charge in [0.05, 0.1) is 27.2 Å². The molecule has 0 saturated carbocycles. The fourth-order valence-corrected chi connectivity index (χ4v) is 4.59. The van der Waals surface area contributed by atoms with E-state index in [2.05, 4.69) is 0 Å². The van der Waals surface area contributed by atoms with Crippen LogP contribution in [0.4, 0.5) is 0 Å². The first-order valence-corrected chi connectivity index (χ1v) is 6.47. The number of methoxy groups -OCH3 is 1. The van der Waals surface area contributed by atoms with E-state index in [1.807, 2.05) is 28.1 Å². The number of nitrogens with zero attached hydrogens (tertiary/aromatic N) is 1. The summed E-state index contributed by atoms with van der Waals surface area (Å²) in [7, 11) is 4.72. The van der Waals surface area contributed by atoms with Crippen molar-refractivity contribution in [2.24, 2.45) is 0 Å². The zero-order valence-corrected chi connectivity index (χ0v) is 10.3. The molecule has 0 N–H and O–H groups in total. The van der Waals surface area contributed by atoms with Gasteiger partial charge in [0.25, 0.3) is 0 Å². The minimum Gasteiger partial charge on any atom is -0.380 e. The van der Waals surface area contributed by atoms with Gasteiger partial charge in [0.1, 0.15) is 17.0 Å². The first-order valence-electron chi connectivity index (χ1n) is 4.75. The molecule has 84 valence electrons. The van der Waals surface area contributed by atoms with Crippen molar-refractivity contribution in [3.8, 4) is 0 Å². The maximum Gasteiger partial charge on any atom is 0.167 e. The number of sulfone groups is 1. The predicted molar refractivity (Wildman–Crippen MR) is 55.9 cm³/mol. The van der Waals surface area contributed by atoms with Gasteiger partial charge in [-0.15, -0.1) is 0 Å². The van der Waals surface area contributed by atoms with Crippen LogP contribution in [0.25, 0.3) is 0 Å². The lowest BCUT2D eigenvalue weighted by molar-refractivity contribution is -0.895. The largest absolute Gasteiger partial charge is 0.380 e. The summed E-state index contributed by atoms with van der Waals surface area (Å²) in [6.07, 6.45) is -0.212. The van der Waals surface area contributed by atoms with Crippen LogP contribution in [0.3, 0.4) is 0 Å². The van der Waals surface area contributed by atoms with Crippen molar-refractivity contribution in [2.75, 3.05) is 34.0 Å². The number of quaternary nitrogens is 1. The normalized spacial score (nSPS) is 33.5. The van der Waals surface area contributed by atoms with Crippen LogP contribution in [0.15, 0.2) is 0 Å². The van der Waals surface area contributed by atoms with E-state index in [9.17, 15) is 8.42 Å². The minimum absolute atomic E-state index is 0.162. The van der Waals surface area contributed by atoms with Crippen LogP contribution in [0.1, 0.15) is 6.92 Å². The Labute approximate surface area is 86.4 Å². The topological polar surface area (TPSA) is 43.4 Å². The highest BCUT2D eigenvalue weighted by atomic mass is 32.2. The first-order chi connectivity index (χ1) is 6.20. The molecule has 4 nitrogen and oxygen atoms in total. The number of hydrogen-bond acceptors (Lipinski definition) is 3. The number of hydrogen-bond donors (Lipinski definition) is 0. The maximum atomic E-state index is 11.6. The van der Waals surface area contributed by atoms with Crippen molar-refractivity contribution in [2.45, 2.75) is 24.3 Å². The smallest absolute Gasteiger partial charge is 0.167 e. The van der Waals surface area contributed by atoms with E-state index >= 15 is 0 Å². The maximum absolute atomic E-state index is 11.6. The molecule has 1 rings (SSSR count). The molecule has 0 aromatic heterocycles. The van der Waals surface area contributed by atoms with E-state index in [4.69, 9.17) is 4.74 Å². The van der Waals surface area contributed by atoms with Gasteiger partial charge in [0.15, 0.2) is 9.84 Å². The third-order valence-electron chi connectivity index (χ3n) is 3.03. The Morgan fingerprint density at radius 2 is 1.86 bits per heavy atom. The van der Waals surface area contributed by atoms with E-state index in [-0.39, 0.29) is 23.1 Å². The van der Waals surface area contributed by atoms with Crippen LogP contribution < -0.4 is 0 Å². The van der Waals surface area contributed by atoms with Crippen molar-refractivity contribution in [1.82, 2.24) is 0 Å². The quantitative estimate of drug-likeness (QED) is 0.626. The summed E-state index contributed by atoms with van der Waals surface area (Å²) < 4.78 is 29.0. The van der Waals surface area contributed by atoms with Gasteiger partial charge < -0.3 is 9.22 Å². The van der Waals surface area contributed by atoms with Gasteiger partial charge in [0.2, 0.25) is 0 Å². The molecule has 1 aliphatic rings. The Morgan fingerprint density at radius 1 is 1.36 bits per heavy atom. The van der Waals surface area contributed by atoms with Crippen molar-refractivity contribution in [1.29, 1.82) is 0 Å². The molecular weight excluding hydrogens is 202 g/mol. The second kappa shape index (κ2) is 3.47. The molecule has 1 saturated heterocycles. The van der Waals surface area contributed by atoms with Gasteiger partial charge >= 0.3 is 0 Å². The molecule has 0 bridgehead atoms. The zero-order valence-electron chi connectivity index (χ0n) is 9.52. The lowest BCUT2D eigenvalue weighted by atomic mass is 10.1. The minimum atomic E-state index is -2.91. The van der Waals surface area contributed by atoms with Crippen molar-refractivity contribution >= 4 is 9.84 Å². The molecule has 1 fully saturated rings. The van der Waals surface area contributed by atoms with Crippen molar-refractivity contribution in [3.63, 3.8) is 0 Å². The SMILES string of the molecule is CO[C@H](C)[C@@H]1[C@@H]([N+](C)(C)C)CS1(=O)=O. The van der Waals surface area contributed by atoms with E-state index in [0.29, 0.717) is 4.48 Å². The summed E-state index contributed by atoms with van der Waals surface area (Å²) in [6, 6.07) is 0.162. The Morgan fingerprint density at radius 3 is 2.14 bits per heavy atom. The lowest BCUT2D eigenvalue weighted by Crippen LogP contribution is -2.68. The number of ether oxygens (including phenoxy) is 1. The average Bonchev–Trinajstić information content (AvgIpc) is 1.98. The third-order valence-corrected chi connectivity index (χ3v) is 5.36. The fraction of sp³-hybridized carbons (Fsp3) is 1.00. The summed E-state index contributed by atoms with van der Waals surface area (Å²) >= 11 is 0. The number of rotatable bonds is 3. The van der Waals surface area contributed by atoms with E-state index < -0.39 is 9.84 Å². The molecule has 3 atom stereocenters. The van der Waals surface area contributed by atoms with Gasteiger partial charge in [-0.1, -0.05) is 0 Å². The third kappa shape index (κ3) is 1.94. The molecule has 14 heavy (non-hydrogen) atoms. The van der Waals surface area contributed by atoms with Gasteiger partial charge in [-0.05, 0) is 6.92 Å². The molecule has 0 aromatic rings. The predicted octanol–water partition coefficient (Wildman–Crippen LogP) is -0.107. The summed E-state index contributed by atoms with van der Waals surface area (Å²) in [5.74, 6) is 0.287. The second-order valence-electron chi connectivity index (χ2n) is 4.92. The zero-order chi connectivity index (χ0) is 11.1. The van der Waals surface area contributed by atoms with Crippen LogP contribution in [0.5, 0.6) is 0 Å². The van der Waals surface area contributed by atoms with Crippen LogP contribution >= 0.6 is 0 Å². The Kier molecular flexibility index (Phi) is 2.96. The summed E-state index contributed by atoms with van der Waals surface area (Å²) in [4.78, 5) is 0. The summed E-state index contributed by atoms with van der Waals surface area (Å²) in [5.41, 5.74) is 0. The molecule has 0 unspecified atom stereocenters. The van der Waals surface area contributed by atoms with Crippen LogP contribution in [-0.2, 0) is 14.6 Å². The van der Waals surface area contributed by atoms with E-state index in [0.717, 1.165) is 0 Å². The fourth-order valence-electron chi connectivity index (χ4n) is 1.96. The van der Waals surface area contributed by atoms with Crippen LogP contribution in [-0.4, -0.2) is 64.3 Å². The molecule has 1 aliphatic heterocycles. The monoisotopic (exact) mass is 222 g/mol. The molecule has 0 spiro atoms. The van der Waals surface area contributed by atoms with Crippen LogP contribution in [0, 0.1) is 0 Å². The van der Waals surface area contributed by atoms with Gasteiger partial charge in [-0.25, -0.2) is 8.42 Å². The highest BCUT2D eigenvalue weighted by molar-refractivity contribution is 7.93. The lowest BCUT2D eigenvalue weighted by Gasteiger charge is -2.46. The average molecular weight is 222 g/mol. The molecule has 0 aliphatic carbocycles. The highest BCUT2D eigenvalue weighted by Gasteiger charge is 2.55. The van der Waals surface area contributed by atoms with Gasteiger partial charge in [-0.3, -0.25) is 0 Å². The Hall–Kier alpha value is -0.130. The van der Waals surface area contributed by atoms with E-state index in [1.54, 1.807) is 7.11 Å². The second-order valence-corrected chi connectivity index (χ2v) is 7.12. The molecule has 0 amide bonds. The van der Waals surface area contributed by atoms with Crippen molar-refractivity contribution < 1.29 is 17.6 Å². The van der Waals surface area contributed by atoms with Crippen molar-refractivity contribution in [3.05, 3.63) is 0 Å². The van der Waals surface area contributed by atoms with Crippen LogP contribution in [0.2, 0.25) is 0 Å². The molecule has 5 heteroatoms. The molecule has 0 radical (unpaired) electrons.